The first kappa shape index (κ1) is 11.9. The van der Waals surface area contributed by atoms with Gasteiger partial charge in [0.15, 0.2) is 6.39 Å². The molecular weight excluding hydrogens is 236 g/mol. The average molecular weight is 250 g/mol. The van der Waals surface area contributed by atoms with Crippen molar-refractivity contribution in [3.63, 3.8) is 0 Å². The van der Waals surface area contributed by atoms with E-state index in [1.54, 1.807) is 17.6 Å². The number of hydrogen-bond donors (Lipinski definition) is 1. The number of carbonyl (C=O) groups excluding carboxylic acids is 1. The van der Waals surface area contributed by atoms with Crippen molar-refractivity contribution < 1.29 is 9.21 Å². The van der Waals surface area contributed by atoms with Crippen LogP contribution in [-0.2, 0) is 17.6 Å². The van der Waals surface area contributed by atoms with Crippen LogP contribution in [0.1, 0.15) is 17.0 Å². The molecule has 2 aromatic heterocycles. The highest BCUT2D eigenvalue weighted by molar-refractivity contribution is 7.09. The minimum Gasteiger partial charge on any atom is -0.451 e. The summed E-state index contributed by atoms with van der Waals surface area (Å²) in [6.45, 7) is 0.607. The van der Waals surface area contributed by atoms with Crippen molar-refractivity contribution in [1.82, 2.24) is 10.3 Å². The van der Waals surface area contributed by atoms with E-state index in [9.17, 15) is 4.79 Å². The third kappa shape index (κ3) is 4.03. The number of rotatable bonds is 6. The van der Waals surface area contributed by atoms with Gasteiger partial charge in [-0.1, -0.05) is 6.07 Å². The van der Waals surface area contributed by atoms with Crippen molar-refractivity contribution in [1.29, 1.82) is 0 Å². The van der Waals surface area contributed by atoms with E-state index in [2.05, 4.69) is 10.3 Å². The van der Waals surface area contributed by atoms with Gasteiger partial charge in [-0.25, -0.2) is 4.98 Å². The Kier molecular flexibility index (Phi) is 4.32. The number of aryl methyl sites for hydroxylation is 1. The summed E-state index contributed by atoms with van der Waals surface area (Å²) in [7, 11) is 0. The lowest BCUT2D eigenvalue weighted by atomic mass is 10.2. The quantitative estimate of drug-likeness (QED) is 0.853. The van der Waals surface area contributed by atoms with Gasteiger partial charge in [0.25, 0.3) is 0 Å². The molecule has 2 rings (SSSR count). The van der Waals surface area contributed by atoms with E-state index in [0.29, 0.717) is 19.4 Å². The molecule has 0 saturated carbocycles. The van der Waals surface area contributed by atoms with Gasteiger partial charge in [0.2, 0.25) is 5.91 Å². The number of hydrogen-bond acceptors (Lipinski definition) is 4. The van der Waals surface area contributed by atoms with E-state index in [1.165, 1.54) is 11.3 Å². The molecule has 90 valence electrons. The molecule has 0 unspecified atom stereocenters. The fourth-order valence-electron chi connectivity index (χ4n) is 1.47. The van der Waals surface area contributed by atoms with Crippen LogP contribution in [-0.4, -0.2) is 17.4 Å². The van der Waals surface area contributed by atoms with Crippen LogP contribution in [0.5, 0.6) is 0 Å². The van der Waals surface area contributed by atoms with Gasteiger partial charge in [-0.15, -0.1) is 11.3 Å². The van der Waals surface area contributed by atoms with Gasteiger partial charge in [0.1, 0.15) is 6.26 Å². The number of oxazole rings is 1. The predicted octanol–water partition coefficient (Wildman–Crippen LogP) is 2.03. The Morgan fingerprint density at radius 3 is 3.12 bits per heavy atom. The predicted molar refractivity (Wildman–Crippen MR) is 65.9 cm³/mol. The molecular formula is C12H14N2O2S. The van der Waals surface area contributed by atoms with Crippen molar-refractivity contribution in [2.24, 2.45) is 0 Å². The van der Waals surface area contributed by atoms with Crippen LogP contribution in [0.25, 0.3) is 0 Å². The van der Waals surface area contributed by atoms with Gasteiger partial charge in [-0.05, 0) is 17.9 Å². The first-order valence-corrected chi connectivity index (χ1v) is 6.39. The van der Waals surface area contributed by atoms with Crippen LogP contribution in [0.4, 0.5) is 0 Å². The summed E-state index contributed by atoms with van der Waals surface area (Å²) >= 11 is 1.68. The third-order valence-electron chi connectivity index (χ3n) is 2.37. The van der Waals surface area contributed by atoms with Gasteiger partial charge in [0, 0.05) is 24.3 Å². The van der Waals surface area contributed by atoms with Gasteiger partial charge in [-0.3, -0.25) is 4.79 Å². The second kappa shape index (κ2) is 6.20. The Morgan fingerprint density at radius 1 is 1.47 bits per heavy atom. The Hall–Kier alpha value is -1.62. The SMILES string of the molecule is O=C(CCc1cccs1)NCCc1cocn1. The normalized spacial score (nSPS) is 10.4. The first-order valence-electron chi connectivity index (χ1n) is 5.51. The van der Waals surface area contributed by atoms with Crippen LogP contribution in [0, 0.1) is 0 Å². The van der Waals surface area contributed by atoms with E-state index in [-0.39, 0.29) is 5.91 Å². The highest BCUT2D eigenvalue weighted by atomic mass is 32.1. The third-order valence-corrected chi connectivity index (χ3v) is 3.30. The molecule has 17 heavy (non-hydrogen) atoms. The lowest BCUT2D eigenvalue weighted by Gasteiger charge is -2.02. The summed E-state index contributed by atoms with van der Waals surface area (Å²) in [6.07, 6.45) is 5.06. The van der Waals surface area contributed by atoms with E-state index >= 15 is 0 Å². The zero-order valence-electron chi connectivity index (χ0n) is 9.39. The smallest absolute Gasteiger partial charge is 0.220 e. The minimum absolute atomic E-state index is 0.0851. The molecule has 2 heterocycles. The fraction of sp³-hybridized carbons (Fsp3) is 0.333. The molecule has 0 aliphatic rings. The number of aromatic nitrogens is 1. The molecule has 4 nitrogen and oxygen atoms in total. The highest BCUT2D eigenvalue weighted by Crippen LogP contribution is 2.10. The van der Waals surface area contributed by atoms with Crippen molar-refractivity contribution >= 4 is 17.2 Å². The molecule has 0 radical (unpaired) electrons. The second-order valence-corrected chi connectivity index (χ2v) is 4.69. The Labute approximate surface area is 104 Å². The lowest BCUT2D eigenvalue weighted by molar-refractivity contribution is -0.121. The molecule has 1 amide bonds. The van der Waals surface area contributed by atoms with Crippen molar-refractivity contribution in [2.75, 3.05) is 6.54 Å². The van der Waals surface area contributed by atoms with Crippen LogP contribution >= 0.6 is 11.3 Å². The molecule has 0 aliphatic heterocycles. The van der Waals surface area contributed by atoms with E-state index in [4.69, 9.17) is 4.42 Å². The Balaban J connectivity index is 1.61. The standard InChI is InChI=1S/C12H14N2O2S/c15-12(4-3-11-2-1-7-17-11)13-6-5-10-8-16-9-14-10/h1-2,7-9H,3-6H2,(H,13,15). The van der Waals surface area contributed by atoms with Crippen molar-refractivity contribution in [2.45, 2.75) is 19.3 Å². The zero-order chi connectivity index (χ0) is 11.9. The summed E-state index contributed by atoms with van der Waals surface area (Å²) in [6, 6.07) is 4.05. The fourth-order valence-corrected chi connectivity index (χ4v) is 2.18. The molecule has 0 fully saturated rings. The van der Waals surface area contributed by atoms with Crippen LogP contribution in [0.2, 0.25) is 0 Å². The molecule has 2 aromatic rings. The Bertz CT molecular complexity index is 437. The molecule has 0 spiro atoms. The Morgan fingerprint density at radius 2 is 2.41 bits per heavy atom. The van der Waals surface area contributed by atoms with E-state index in [1.807, 2.05) is 17.5 Å². The number of carbonyl (C=O) groups is 1. The van der Waals surface area contributed by atoms with E-state index < -0.39 is 0 Å². The second-order valence-electron chi connectivity index (χ2n) is 3.66. The number of amides is 1. The van der Waals surface area contributed by atoms with Crippen LogP contribution in [0.3, 0.4) is 0 Å². The first-order chi connectivity index (χ1) is 8.34. The average Bonchev–Trinajstić information content (AvgIpc) is 2.99. The largest absolute Gasteiger partial charge is 0.451 e. The molecule has 0 saturated heterocycles. The summed E-state index contributed by atoms with van der Waals surface area (Å²) in [5, 5.41) is 4.89. The minimum atomic E-state index is 0.0851. The summed E-state index contributed by atoms with van der Waals surface area (Å²) in [5.74, 6) is 0.0851. The van der Waals surface area contributed by atoms with Crippen LogP contribution < -0.4 is 5.32 Å². The summed E-state index contributed by atoms with van der Waals surface area (Å²) in [5.41, 5.74) is 0.864. The number of thiophene rings is 1. The molecule has 0 aliphatic carbocycles. The van der Waals surface area contributed by atoms with E-state index in [0.717, 1.165) is 12.1 Å². The molecule has 0 aromatic carbocycles. The molecule has 0 bridgehead atoms. The molecule has 5 heteroatoms. The zero-order valence-corrected chi connectivity index (χ0v) is 10.2. The van der Waals surface area contributed by atoms with Gasteiger partial charge < -0.3 is 9.73 Å². The van der Waals surface area contributed by atoms with Crippen LogP contribution in [0.15, 0.2) is 34.6 Å². The maximum absolute atomic E-state index is 11.5. The highest BCUT2D eigenvalue weighted by Gasteiger charge is 2.03. The topological polar surface area (TPSA) is 55.1 Å². The van der Waals surface area contributed by atoms with Gasteiger partial charge >= 0.3 is 0 Å². The van der Waals surface area contributed by atoms with Crippen molar-refractivity contribution in [3.05, 3.63) is 40.7 Å². The summed E-state index contributed by atoms with van der Waals surface area (Å²) < 4.78 is 4.85. The number of nitrogens with one attached hydrogen (secondary N) is 1. The van der Waals surface area contributed by atoms with Crippen molar-refractivity contribution in [3.8, 4) is 0 Å². The molecule has 0 atom stereocenters. The van der Waals surface area contributed by atoms with Gasteiger partial charge in [-0.2, -0.15) is 0 Å². The molecule has 1 N–H and O–H groups in total. The monoisotopic (exact) mass is 250 g/mol. The lowest BCUT2D eigenvalue weighted by Crippen LogP contribution is -2.25. The maximum atomic E-state index is 11.5. The summed E-state index contributed by atoms with van der Waals surface area (Å²) in [4.78, 5) is 16.7. The number of nitrogens with zero attached hydrogens (tertiary/aromatic N) is 1. The maximum Gasteiger partial charge on any atom is 0.220 e. The van der Waals surface area contributed by atoms with Gasteiger partial charge in [0.05, 0.1) is 5.69 Å².